The second-order valence-corrected chi connectivity index (χ2v) is 6.09. The maximum Gasteiger partial charge on any atom is 0.324 e. The van der Waals surface area contributed by atoms with Crippen LogP contribution in [0.2, 0.25) is 5.02 Å². The number of carbonyl (C=O) groups excluding carboxylic acids is 1. The molecule has 0 aromatic heterocycles. The molecule has 4 heteroatoms. The minimum absolute atomic E-state index is 0.00229. The molecule has 0 radical (unpaired) electrons. The number of hydrogen-bond acceptors (Lipinski definition) is 1. The summed E-state index contributed by atoms with van der Waals surface area (Å²) < 4.78 is 0. The molecule has 1 aliphatic heterocycles. The zero-order valence-electron chi connectivity index (χ0n) is 12.8. The molecule has 2 aromatic carbocycles. The van der Waals surface area contributed by atoms with Crippen molar-refractivity contribution in [3.63, 3.8) is 0 Å². The van der Waals surface area contributed by atoms with Gasteiger partial charge < -0.3 is 4.90 Å². The number of anilines is 1. The summed E-state index contributed by atoms with van der Waals surface area (Å²) in [5.41, 5.74) is 3.35. The van der Waals surface area contributed by atoms with E-state index in [1.807, 2.05) is 61.3 Å². The van der Waals surface area contributed by atoms with E-state index in [1.165, 1.54) is 5.56 Å². The zero-order chi connectivity index (χ0) is 15.7. The smallest absolute Gasteiger partial charge is 0.321 e. The van der Waals surface area contributed by atoms with E-state index < -0.39 is 0 Å². The molecule has 1 atom stereocenters. The number of para-hydroxylation sites is 1. The highest BCUT2D eigenvalue weighted by atomic mass is 35.5. The third-order valence-corrected chi connectivity index (χ3v) is 4.61. The first-order valence-electron chi connectivity index (χ1n) is 7.45. The normalized spacial score (nSPS) is 14.6. The van der Waals surface area contributed by atoms with Crippen LogP contribution >= 0.6 is 11.6 Å². The Morgan fingerprint density at radius 3 is 2.59 bits per heavy atom. The molecule has 0 aliphatic carbocycles. The average molecular weight is 315 g/mol. The Balaban J connectivity index is 1.79. The third-order valence-electron chi connectivity index (χ3n) is 4.35. The minimum atomic E-state index is -0.00229. The second-order valence-electron chi connectivity index (χ2n) is 5.65. The van der Waals surface area contributed by atoms with Crippen LogP contribution in [0.5, 0.6) is 0 Å². The highest BCUT2D eigenvalue weighted by Crippen LogP contribution is 2.30. The van der Waals surface area contributed by atoms with Crippen molar-refractivity contribution in [2.45, 2.75) is 19.4 Å². The largest absolute Gasteiger partial charge is 0.324 e. The molecule has 0 fully saturated rings. The average Bonchev–Trinajstić information content (AvgIpc) is 2.97. The predicted molar refractivity (Wildman–Crippen MR) is 90.5 cm³/mol. The van der Waals surface area contributed by atoms with Crippen LogP contribution in [0.4, 0.5) is 10.5 Å². The molecule has 3 rings (SSSR count). The van der Waals surface area contributed by atoms with Crippen molar-refractivity contribution >= 4 is 23.3 Å². The van der Waals surface area contributed by atoms with Gasteiger partial charge in [0, 0.05) is 24.3 Å². The van der Waals surface area contributed by atoms with Crippen molar-refractivity contribution in [1.29, 1.82) is 0 Å². The lowest BCUT2D eigenvalue weighted by Crippen LogP contribution is -2.41. The molecular weight excluding hydrogens is 296 g/mol. The number of amides is 2. The Morgan fingerprint density at radius 1 is 1.18 bits per heavy atom. The topological polar surface area (TPSA) is 23.6 Å². The van der Waals surface area contributed by atoms with Gasteiger partial charge in [0.2, 0.25) is 0 Å². The number of benzene rings is 2. The van der Waals surface area contributed by atoms with Gasteiger partial charge in [0.05, 0.1) is 6.04 Å². The second kappa shape index (κ2) is 6.01. The van der Waals surface area contributed by atoms with Gasteiger partial charge in [-0.25, -0.2) is 4.79 Å². The van der Waals surface area contributed by atoms with Gasteiger partial charge in [0.1, 0.15) is 0 Å². The lowest BCUT2D eigenvalue weighted by molar-refractivity contribution is 0.202. The summed E-state index contributed by atoms with van der Waals surface area (Å²) in [5.74, 6) is 0. The van der Waals surface area contributed by atoms with Crippen molar-refractivity contribution in [3.8, 4) is 0 Å². The highest BCUT2D eigenvalue weighted by Gasteiger charge is 2.28. The van der Waals surface area contributed by atoms with Crippen molar-refractivity contribution in [1.82, 2.24) is 4.90 Å². The predicted octanol–water partition coefficient (Wildman–Crippen LogP) is 4.52. The summed E-state index contributed by atoms with van der Waals surface area (Å²) in [6.07, 6.45) is 0.922. The molecule has 1 heterocycles. The first-order chi connectivity index (χ1) is 10.6. The Morgan fingerprint density at radius 2 is 1.86 bits per heavy atom. The maximum absolute atomic E-state index is 12.8. The van der Waals surface area contributed by atoms with Crippen LogP contribution in [-0.4, -0.2) is 24.5 Å². The molecule has 0 bridgehead atoms. The van der Waals surface area contributed by atoms with Gasteiger partial charge in [0.25, 0.3) is 0 Å². The van der Waals surface area contributed by atoms with Gasteiger partial charge in [-0.15, -0.1) is 0 Å². The molecular formula is C18H19ClN2O. The van der Waals surface area contributed by atoms with Crippen molar-refractivity contribution in [2.75, 3.05) is 18.5 Å². The van der Waals surface area contributed by atoms with Gasteiger partial charge in [-0.3, -0.25) is 4.90 Å². The van der Waals surface area contributed by atoms with Crippen molar-refractivity contribution in [3.05, 3.63) is 64.7 Å². The van der Waals surface area contributed by atoms with E-state index in [0.717, 1.165) is 24.2 Å². The van der Waals surface area contributed by atoms with Crippen LogP contribution in [-0.2, 0) is 6.42 Å². The molecule has 114 valence electrons. The summed E-state index contributed by atoms with van der Waals surface area (Å²) in [6.45, 7) is 2.78. The molecule has 0 N–H and O–H groups in total. The lowest BCUT2D eigenvalue weighted by atomic mass is 10.1. The van der Waals surface area contributed by atoms with Crippen LogP contribution in [0.25, 0.3) is 0 Å². The fraction of sp³-hybridized carbons (Fsp3) is 0.278. The monoisotopic (exact) mass is 314 g/mol. The Labute approximate surface area is 136 Å². The first kappa shape index (κ1) is 14.9. The van der Waals surface area contributed by atoms with Gasteiger partial charge in [-0.05, 0) is 42.7 Å². The fourth-order valence-electron chi connectivity index (χ4n) is 2.86. The van der Waals surface area contributed by atoms with E-state index >= 15 is 0 Å². The molecule has 2 aromatic rings. The van der Waals surface area contributed by atoms with Crippen LogP contribution in [0.3, 0.4) is 0 Å². The summed E-state index contributed by atoms with van der Waals surface area (Å²) in [6, 6.07) is 15.8. The Bertz CT molecular complexity index is 684. The molecule has 0 saturated carbocycles. The number of urea groups is 1. The number of nitrogens with zero attached hydrogens (tertiary/aromatic N) is 2. The highest BCUT2D eigenvalue weighted by molar-refractivity contribution is 6.30. The van der Waals surface area contributed by atoms with E-state index in [2.05, 4.69) is 6.07 Å². The number of fused-ring (bicyclic) bond motifs is 1. The Hall–Kier alpha value is -2.00. The quantitative estimate of drug-likeness (QED) is 0.799. The minimum Gasteiger partial charge on any atom is -0.321 e. The molecule has 3 nitrogen and oxygen atoms in total. The lowest BCUT2D eigenvalue weighted by Gasteiger charge is -2.30. The Kier molecular flexibility index (Phi) is 4.08. The molecule has 22 heavy (non-hydrogen) atoms. The fourth-order valence-corrected chi connectivity index (χ4v) is 2.98. The summed E-state index contributed by atoms with van der Waals surface area (Å²) in [4.78, 5) is 16.5. The summed E-state index contributed by atoms with van der Waals surface area (Å²) >= 11 is 5.93. The number of rotatable bonds is 2. The van der Waals surface area contributed by atoms with E-state index in [4.69, 9.17) is 11.6 Å². The van der Waals surface area contributed by atoms with E-state index in [-0.39, 0.29) is 12.1 Å². The standard InChI is InChI=1S/C18H19ClN2O/c1-13(14-7-9-16(19)10-8-14)20(2)18(22)21-12-11-15-5-3-4-6-17(15)21/h3-10,13H,11-12H2,1-2H3/t13-/m1/s1. The molecule has 2 amide bonds. The van der Waals surface area contributed by atoms with Crippen molar-refractivity contribution < 1.29 is 4.79 Å². The number of halogens is 1. The molecule has 1 aliphatic rings. The van der Waals surface area contributed by atoms with E-state index in [9.17, 15) is 4.79 Å². The number of carbonyl (C=O) groups is 1. The SMILES string of the molecule is C[C@H](c1ccc(Cl)cc1)N(C)C(=O)N1CCc2ccccc21. The van der Waals surface area contributed by atoms with Crippen LogP contribution < -0.4 is 4.90 Å². The maximum atomic E-state index is 12.8. The van der Waals surface area contributed by atoms with Crippen LogP contribution in [0.15, 0.2) is 48.5 Å². The van der Waals surface area contributed by atoms with E-state index in [0.29, 0.717) is 5.02 Å². The van der Waals surface area contributed by atoms with E-state index in [1.54, 1.807) is 4.90 Å². The van der Waals surface area contributed by atoms with Gasteiger partial charge in [0.15, 0.2) is 0 Å². The molecule has 0 spiro atoms. The van der Waals surface area contributed by atoms with Crippen LogP contribution in [0.1, 0.15) is 24.1 Å². The zero-order valence-corrected chi connectivity index (χ0v) is 13.5. The molecule has 0 unspecified atom stereocenters. The third kappa shape index (κ3) is 2.69. The van der Waals surface area contributed by atoms with Crippen molar-refractivity contribution in [2.24, 2.45) is 0 Å². The first-order valence-corrected chi connectivity index (χ1v) is 7.83. The van der Waals surface area contributed by atoms with Crippen LogP contribution in [0, 0.1) is 0 Å². The van der Waals surface area contributed by atoms with Gasteiger partial charge >= 0.3 is 6.03 Å². The number of hydrogen-bond donors (Lipinski definition) is 0. The summed E-state index contributed by atoms with van der Waals surface area (Å²) in [5, 5.41) is 0.707. The van der Waals surface area contributed by atoms with Gasteiger partial charge in [-0.1, -0.05) is 41.9 Å². The molecule has 0 saturated heterocycles. The summed E-state index contributed by atoms with van der Waals surface area (Å²) in [7, 11) is 1.85. The van der Waals surface area contributed by atoms with Gasteiger partial charge in [-0.2, -0.15) is 0 Å².